The quantitative estimate of drug-likeness (QED) is 0.584. The normalized spacial score (nSPS) is 12.2. The molecule has 0 heterocycles. The summed E-state index contributed by atoms with van der Waals surface area (Å²) < 4.78 is 5.21. The number of amidine groups is 1. The van der Waals surface area contributed by atoms with Crippen LogP contribution >= 0.6 is 0 Å². The SMILES string of the molecule is COC(C)CN(C)c1cccc(C(=N)N)c1. The Morgan fingerprint density at radius 2 is 2.25 bits per heavy atom. The van der Waals surface area contributed by atoms with Gasteiger partial charge in [-0.25, -0.2) is 0 Å². The summed E-state index contributed by atoms with van der Waals surface area (Å²) in [5.74, 6) is 0.0926. The van der Waals surface area contributed by atoms with Gasteiger partial charge in [-0.05, 0) is 19.1 Å². The molecule has 0 aliphatic carbocycles. The van der Waals surface area contributed by atoms with Crippen LogP contribution in [0.2, 0.25) is 0 Å². The average Bonchev–Trinajstić information content (AvgIpc) is 2.28. The van der Waals surface area contributed by atoms with Crippen LogP contribution in [-0.4, -0.2) is 32.6 Å². The van der Waals surface area contributed by atoms with Crippen molar-refractivity contribution < 1.29 is 4.74 Å². The first-order valence-electron chi connectivity index (χ1n) is 5.23. The van der Waals surface area contributed by atoms with Crippen LogP contribution < -0.4 is 10.6 Å². The number of hydrogen-bond donors (Lipinski definition) is 2. The van der Waals surface area contributed by atoms with Crippen molar-refractivity contribution in [3.05, 3.63) is 29.8 Å². The smallest absolute Gasteiger partial charge is 0.122 e. The molecular weight excluding hydrogens is 202 g/mol. The Bertz CT molecular complexity index is 365. The van der Waals surface area contributed by atoms with E-state index >= 15 is 0 Å². The molecule has 3 N–H and O–H groups in total. The lowest BCUT2D eigenvalue weighted by atomic mass is 10.1. The summed E-state index contributed by atoms with van der Waals surface area (Å²) in [6, 6.07) is 7.64. The molecule has 0 aliphatic heterocycles. The summed E-state index contributed by atoms with van der Waals surface area (Å²) in [4.78, 5) is 2.08. The number of methoxy groups -OCH3 is 1. The molecule has 0 aliphatic rings. The van der Waals surface area contributed by atoms with Crippen LogP contribution in [0.4, 0.5) is 5.69 Å². The summed E-state index contributed by atoms with van der Waals surface area (Å²) in [5, 5.41) is 7.39. The van der Waals surface area contributed by atoms with Crippen LogP contribution in [-0.2, 0) is 4.74 Å². The Kier molecular flexibility index (Phi) is 4.31. The average molecular weight is 221 g/mol. The minimum Gasteiger partial charge on any atom is -0.384 e. The third-order valence-electron chi connectivity index (χ3n) is 2.53. The number of nitrogen functional groups attached to an aromatic ring is 1. The molecule has 0 aromatic heterocycles. The van der Waals surface area contributed by atoms with Gasteiger partial charge in [0.1, 0.15) is 5.84 Å². The number of nitrogens with two attached hydrogens (primary N) is 1. The molecule has 0 saturated carbocycles. The van der Waals surface area contributed by atoms with Crippen LogP contribution in [0.1, 0.15) is 12.5 Å². The van der Waals surface area contributed by atoms with Gasteiger partial charge in [0, 0.05) is 32.0 Å². The molecule has 1 atom stereocenters. The van der Waals surface area contributed by atoms with E-state index in [4.69, 9.17) is 15.9 Å². The molecule has 1 aromatic carbocycles. The van der Waals surface area contributed by atoms with E-state index < -0.39 is 0 Å². The summed E-state index contributed by atoms with van der Waals surface area (Å²) in [5.41, 5.74) is 7.23. The maximum atomic E-state index is 7.39. The second-order valence-corrected chi connectivity index (χ2v) is 3.89. The lowest BCUT2D eigenvalue weighted by Gasteiger charge is -2.23. The predicted octanol–water partition coefficient (Wildman–Crippen LogP) is 1.44. The van der Waals surface area contributed by atoms with E-state index in [9.17, 15) is 0 Å². The number of nitrogens with zero attached hydrogens (tertiary/aromatic N) is 1. The number of nitrogens with one attached hydrogen (secondary N) is 1. The Labute approximate surface area is 96.5 Å². The highest BCUT2D eigenvalue weighted by Gasteiger charge is 2.07. The minimum absolute atomic E-state index is 0.0926. The number of benzene rings is 1. The lowest BCUT2D eigenvalue weighted by molar-refractivity contribution is 0.124. The molecule has 16 heavy (non-hydrogen) atoms. The van der Waals surface area contributed by atoms with Crippen molar-refractivity contribution in [2.24, 2.45) is 5.73 Å². The van der Waals surface area contributed by atoms with Crippen LogP contribution in [0.3, 0.4) is 0 Å². The van der Waals surface area contributed by atoms with Crippen LogP contribution in [0.15, 0.2) is 24.3 Å². The molecule has 4 nitrogen and oxygen atoms in total. The summed E-state index contributed by atoms with van der Waals surface area (Å²) >= 11 is 0. The van der Waals surface area contributed by atoms with Crippen molar-refractivity contribution in [1.82, 2.24) is 0 Å². The van der Waals surface area contributed by atoms with Gasteiger partial charge in [0.05, 0.1) is 6.10 Å². The molecule has 1 rings (SSSR count). The monoisotopic (exact) mass is 221 g/mol. The molecule has 0 saturated heterocycles. The molecule has 0 spiro atoms. The summed E-state index contributed by atoms with van der Waals surface area (Å²) in [7, 11) is 3.69. The molecule has 0 fully saturated rings. The van der Waals surface area contributed by atoms with Crippen molar-refractivity contribution in [1.29, 1.82) is 5.41 Å². The first-order chi connectivity index (χ1) is 7.54. The predicted molar refractivity (Wildman–Crippen MR) is 67.2 cm³/mol. The van der Waals surface area contributed by atoms with Crippen molar-refractivity contribution >= 4 is 11.5 Å². The third-order valence-corrected chi connectivity index (χ3v) is 2.53. The Morgan fingerprint density at radius 1 is 1.56 bits per heavy atom. The number of ether oxygens (including phenoxy) is 1. The molecule has 0 amide bonds. The number of hydrogen-bond acceptors (Lipinski definition) is 3. The maximum absolute atomic E-state index is 7.39. The van der Waals surface area contributed by atoms with Crippen molar-refractivity contribution in [2.75, 3.05) is 25.6 Å². The first-order valence-corrected chi connectivity index (χ1v) is 5.23. The first kappa shape index (κ1) is 12.5. The zero-order valence-electron chi connectivity index (χ0n) is 10.0. The fraction of sp³-hybridized carbons (Fsp3) is 0.417. The second-order valence-electron chi connectivity index (χ2n) is 3.89. The van der Waals surface area contributed by atoms with Gasteiger partial charge >= 0.3 is 0 Å². The molecular formula is C12H19N3O. The number of anilines is 1. The summed E-state index contributed by atoms with van der Waals surface area (Å²) in [6.45, 7) is 2.82. The van der Waals surface area contributed by atoms with E-state index in [2.05, 4.69) is 4.90 Å². The van der Waals surface area contributed by atoms with E-state index in [-0.39, 0.29) is 11.9 Å². The fourth-order valence-corrected chi connectivity index (χ4v) is 1.48. The van der Waals surface area contributed by atoms with E-state index in [0.717, 1.165) is 17.8 Å². The van der Waals surface area contributed by atoms with Gasteiger partial charge in [0.2, 0.25) is 0 Å². The Morgan fingerprint density at radius 3 is 2.81 bits per heavy atom. The Hall–Kier alpha value is -1.55. The minimum atomic E-state index is 0.0926. The third kappa shape index (κ3) is 3.24. The molecule has 88 valence electrons. The van der Waals surface area contributed by atoms with Gasteiger partial charge in [-0.15, -0.1) is 0 Å². The zero-order chi connectivity index (χ0) is 12.1. The number of likely N-dealkylation sites (N-methyl/N-ethyl adjacent to an activating group) is 1. The lowest BCUT2D eigenvalue weighted by Crippen LogP contribution is -2.28. The van der Waals surface area contributed by atoms with E-state index in [1.165, 1.54) is 0 Å². The van der Waals surface area contributed by atoms with E-state index in [1.807, 2.05) is 38.2 Å². The van der Waals surface area contributed by atoms with Gasteiger partial charge in [-0.3, -0.25) is 5.41 Å². The highest BCUT2D eigenvalue weighted by molar-refractivity contribution is 5.95. The Balaban J connectivity index is 2.79. The summed E-state index contributed by atoms with van der Waals surface area (Å²) in [6.07, 6.45) is 0.172. The van der Waals surface area contributed by atoms with Crippen LogP contribution in [0, 0.1) is 5.41 Å². The van der Waals surface area contributed by atoms with Crippen LogP contribution in [0.5, 0.6) is 0 Å². The zero-order valence-corrected chi connectivity index (χ0v) is 10.0. The van der Waals surface area contributed by atoms with E-state index in [1.54, 1.807) is 7.11 Å². The topological polar surface area (TPSA) is 62.3 Å². The molecule has 0 radical (unpaired) electrons. The van der Waals surface area contributed by atoms with Gasteiger partial charge in [0.25, 0.3) is 0 Å². The molecule has 4 heteroatoms. The molecule has 1 unspecified atom stereocenters. The molecule has 1 aromatic rings. The van der Waals surface area contributed by atoms with Gasteiger partial charge < -0.3 is 15.4 Å². The second kappa shape index (κ2) is 5.51. The van der Waals surface area contributed by atoms with Gasteiger partial charge in [0.15, 0.2) is 0 Å². The van der Waals surface area contributed by atoms with Crippen molar-refractivity contribution in [3.63, 3.8) is 0 Å². The van der Waals surface area contributed by atoms with Crippen LogP contribution in [0.25, 0.3) is 0 Å². The fourth-order valence-electron chi connectivity index (χ4n) is 1.48. The highest BCUT2D eigenvalue weighted by atomic mass is 16.5. The van der Waals surface area contributed by atoms with Crippen molar-refractivity contribution in [2.45, 2.75) is 13.0 Å². The number of rotatable bonds is 5. The van der Waals surface area contributed by atoms with Gasteiger partial charge in [-0.2, -0.15) is 0 Å². The maximum Gasteiger partial charge on any atom is 0.122 e. The van der Waals surface area contributed by atoms with E-state index in [0.29, 0.717) is 0 Å². The van der Waals surface area contributed by atoms with Crippen molar-refractivity contribution in [3.8, 4) is 0 Å². The standard InChI is InChI=1S/C12H19N3O/c1-9(16-3)8-15(2)11-6-4-5-10(7-11)12(13)14/h4-7,9H,8H2,1-3H3,(H3,13,14). The molecule has 0 bridgehead atoms. The highest BCUT2D eigenvalue weighted by Crippen LogP contribution is 2.15. The largest absolute Gasteiger partial charge is 0.384 e. The van der Waals surface area contributed by atoms with Gasteiger partial charge in [-0.1, -0.05) is 12.1 Å².